The van der Waals surface area contributed by atoms with E-state index in [-0.39, 0.29) is 0 Å². The summed E-state index contributed by atoms with van der Waals surface area (Å²) in [6.45, 7) is 4.66. The number of rotatable bonds is 0. The van der Waals surface area contributed by atoms with Gasteiger partial charge in [-0.05, 0) is 17.8 Å². The summed E-state index contributed by atoms with van der Waals surface area (Å²) in [5.74, 6) is 0.891. The van der Waals surface area contributed by atoms with Crippen LogP contribution in [0, 0.1) is 11.3 Å². The van der Waals surface area contributed by atoms with Crippen molar-refractivity contribution in [3.63, 3.8) is 0 Å². The van der Waals surface area contributed by atoms with Crippen molar-refractivity contribution in [1.82, 2.24) is 0 Å². The van der Waals surface area contributed by atoms with Crippen molar-refractivity contribution in [2.75, 3.05) is 0 Å². The van der Waals surface area contributed by atoms with Crippen LogP contribution in [0.4, 0.5) is 0 Å². The monoisotopic (exact) mass is 94.1 g/mol. The maximum absolute atomic E-state index is 2.39. The van der Waals surface area contributed by atoms with Crippen molar-refractivity contribution >= 4 is 0 Å². The highest BCUT2D eigenvalue weighted by Gasteiger charge is 2.54. The van der Waals surface area contributed by atoms with Crippen LogP contribution in [0.1, 0.15) is 20.3 Å². The Balaban J connectivity index is 2.38. The molecule has 0 saturated heterocycles. The normalized spacial score (nSPS) is 54.6. The summed E-state index contributed by atoms with van der Waals surface area (Å²) in [6.07, 6.45) is 3.79. The van der Waals surface area contributed by atoms with Gasteiger partial charge in [-0.3, -0.25) is 0 Å². The van der Waals surface area contributed by atoms with Crippen molar-refractivity contribution in [2.45, 2.75) is 20.3 Å². The van der Waals surface area contributed by atoms with E-state index in [9.17, 15) is 0 Å². The topological polar surface area (TPSA) is 0 Å². The van der Waals surface area contributed by atoms with Crippen LogP contribution in [0.3, 0.4) is 0 Å². The first-order valence-electron chi connectivity index (χ1n) is 2.95. The minimum absolute atomic E-state index is 0.708. The fraction of sp³-hybridized carbons (Fsp3) is 0.714. The molecule has 38 valence electrons. The zero-order valence-electron chi connectivity index (χ0n) is 4.86. The van der Waals surface area contributed by atoms with Gasteiger partial charge in [-0.2, -0.15) is 0 Å². The molecule has 0 aromatic rings. The van der Waals surface area contributed by atoms with Gasteiger partial charge < -0.3 is 0 Å². The van der Waals surface area contributed by atoms with Crippen LogP contribution >= 0.6 is 0 Å². The second kappa shape index (κ2) is 0.683. The largest absolute Gasteiger partial charge is 0.0810 e. The van der Waals surface area contributed by atoms with Gasteiger partial charge in [0, 0.05) is 0 Å². The van der Waals surface area contributed by atoms with E-state index in [1.54, 1.807) is 5.57 Å². The van der Waals surface area contributed by atoms with E-state index >= 15 is 0 Å². The van der Waals surface area contributed by atoms with Crippen LogP contribution in [0.25, 0.3) is 0 Å². The number of allylic oxidation sites excluding steroid dienone is 2. The van der Waals surface area contributed by atoms with Crippen LogP contribution in [-0.4, -0.2) is 0 Å². The Labute approximate surface area is 44.2 Å². The molecule has 0 bridgehead atoms. The summed E-state index contributed by atoms with van der Waals surface area (Å²) in [5.41, 5.74) is 2.42. The van der Waals surface area contributed by atoms with Gasteiger partial charge in [-0.1, -0.05) is 25.5 Å². The number of fused-ring (bicyclic) bond motifs is 1. The van der Waals surface area contributed by atoms with Crippen molar-refractivity contribution in [1.29, 1.82) is 0 Å². The average molecular weight is 94.2 g/mol. The molecule has 0 N–H and O–H groups in total. The molecule has 2 aliphatic rings. The van der Waals surface area contributed by atoms with Gasteiger partial charge in [0.2, 0.25) is 0 Å². The second-order valence-corrected chi connectivity index (χ2v) is 3.07. The summed E-state index contributed by atoms with van der Waals surface area (Å²) in [6, 6.07) is 0. The Hall–Kier alpha value is -0.260. The molecule has 0 heteroatoms. The molecule has 2 rings (SSSR count). The first-order valence-corrected chi connectivity index (χ1v) is 2.95. The molecule has 0 amide bonds. The molecule has 7 heavy (non-hydrogen) atoms. The molecule has 0 spiro atoms. The van der Waals surface area contributed by atoms with Gasteiger partial charge in [0.05, 0.1) is 0 Å². The lowest BCUT2D eigenvalue weighted by atomic mass is 9.84. The summed E-state index contributed by atoms with van der Waals surface area (Å²) >= 11 is 0. The Morgan fingerprint density at radius 1 is 1.86 bits per heavy atom. The van der Waals surface area contributed by atoms with Crippen molar-refractivity contribution in [3.05, 3.63) is 11.6 Å². The third-order valence-corrected chi connectivity index (χ3v) is 2.62. The summed E-state index contributed by atoms with van der Waals surface area (Å²) < 4.78 is 0. The third-order valence-electron chi connectivity index (χ3n) is 2.62. The molecular weight excluding hydrogens is 84.1 g/mol. The molecule has 2 unspecified atom stereocenters. The van der Waals surface area contributed by atoms with Gasteiger partial charge >= 0.3 is 0 Å². The fourth-order valence-electron chi connectivity index (χ4n) is 1.44. The van der Waals surface area contributed by atoms with Crippen molar-refractivity contribution in [3.8, 4) is 0 Å². The predicted octanol–water partition coefficient (Wildman–Crippen LogP) is 1.97. The molecule has 2 aliphatic carbocycles. The molecule has 0 radical (unpaired) electrons. The van der Waals surface area contributed by atoms with E-state index < -0.39 is 0 Å². The molecule has 0 nitrogen and oxygen atoms in total. The van der Waals surface area contributed by atoms with Crippen LogP contribution < -0.4 is 0 Å². The molecule has 0 aromatic carbocycles. The quantitative estimate of drug-likeness (QED) is 0.402. The van der Waals surface area contributed by atoms with E-state index in [0.29, 0.717) is 5.41 Å². The Kier molecular flexibility index (Phi) is 0.362. The second-order valence-electron chi connectivity index (χ2n) is 3.07. The van der Waals surface area contributed by atoms with Gasteiger partial charge in [0.15, 0.2) is 0 Å². The van der Waals surface area contributed by atoms with Gasteiger partial charge in [0.1, 0.15) is 0 Å². The molecule has 0 aliphatic heterocycles. The van der Waals surface area contributed by atoms with Crippen LogP contribution in [-0.2, 0) is 0 Å². The lowest BCUT2D eigenvalue weighted by molar-refractivity contribution is 0.428. The average Bonchev–Trinajstić information content (AvgIpc) is 2.13. The van der Waals surface area contributed by atoms with Crippen molar-refractivity contribution < 1.29 is 0 Å². The van der Waals surface area contributed by atoms with Gasteiger partial charge in [0.25, 0.3) is 0 Å². The minimum Gasteiger partial charge on any atom is -0.0810 e. The molecule has 0 aromatic heterocycles. The highest BCUT2D eigenvalue weighted by atomic mass is 14.6. The zero-order chi connectivity index (χ0) is 5.07. The zero-order valence-corrected chi connectivity index (χ0v) is 4.86. The highest BCUT2D eigenvalue weighted by Crippen LogP contribution is 2.65. The van der Waals surface area contributed by atoms with Crippen molar-refractivity contribution in [2.24, 2.45) is 11.3 Å². The van der Waals surface area contributed by atoms with E-state index in [0.717, 1.165) is 5.92 Å². The first kappa shape index (κ1) is 3.71. The van der Waals surface area contributed by atoms with Gasteiger partial charge in [-0.15, -0.1) is 0 Å². The summed E-state index contributed by atoms with van der Waals surface area (Å²) in [4.78, 5) is 0. The third kappa shape index (κ3) is 0.229. The Morgan fingerprint density at radius 2 is 2.57 bits per heavy atom. The summed E-state index contributed by atoms with van der Waals surface area (Å²) in [5, 5.41) is 0. The number of hydrogen-bond acceptors (Lipinski definition) is 0. The maximum Gasteiger partial charge on any atom is -0.00185 e. The molecule has 1 fully saturated rings. The molecule has 1 saturated carbocycles. The van der Waals surface area contributed by atoms with E-state index in [4.69, 9.17) is 0 Å². The Bertz CT molecular complexity index is 144. The fourth-order valence-corrected chi connectivity index (χ4v) is 1.44. The van der Waals surface area contributed by atoms with E-state index in [1.165, 1.54) is 6.42 Å². The smallest absolute Gasteiger partial charge is 0.00185 e. The predicted molar refractivity (Wildman–Crippen MR) is 30.0 cm³/mol. The summed E-state index contributed by atoms with van der Waals surface area (Å²) in [7, 11) is 0. The van der Waals surface area contributed by atoms with Crippen LogP contribution in [0.2, 0.25) is 0 Å². The number of hydrogen-bond donors (Lipinski definition) is 0. The standard InChI is InChI=1S/C7H10/c1-5-3-6-4-7(5,6)2/h3,5H,4H2,1-2H3. The lowest BCUT2D eigenvalue weighted by Crippen LogP contribution is -2.12. The highest BCUT2D eigenvalue weighted by molar-refractivity contribution is 5.43. The van der Waals surface area contributed by atoms with E-state index in [1.807, 2.05) is 0 Å². The molecule has 0 heterocycles. The van der Waals surface area contributed by atoms with Gasteiger partial charge in [-0.25, -0.2) is 0 Å². The first-order chi connectivity index (χ1) is 3.23. The lowest BCUT2D eigenvalue weighted by Gasteiger charge is -2.20. The molecule has 2 atom stereocenters. The SMILES string of the molecule is CC1C=C2CC21C. The maximum atomic E-state index is 2.39. The molecular formula is C7H10. The Morgan fingerprint density at radius 3 is 2.57 bits per heavy atom. The minimum atomic E-state index is 0.708. The van der Waals surface area contributed by atoms with Crippen LogP contribution in [0.5, 0.6) is 0 Å². The van der Waals surface area contributed by atoms with E-state index in [2.05, 4.69) is 19.9 Å². The van der Waals surface area contributed by atoms with Crippen LogP contribution in [0.15, 0.2) is 11.6 Å².